The zero-order valence-corrected chi connectivity index (χ0v) is 11.8. The highest BCUT2D eigenvalue weighted by atomic mass is 79.9. The summed E-state index contributed by atoms with van der Waals surface area (Å²) >= 11 is 6.94. The van der Waals surface area contributed by atoms with Crippen molar-refractivity contribution in [3.05, 3.63) is 32.7 Å². The van der Waals surface area contributed by atoms with E-state index in [1.165, 1.54) is 5.56 Å². The fourth-order valence-electron chi connectivity index (χ4n) is 1.28. The Morgan fingerprint density at radius 1 is 1.13 bits per heavy atom. The van der Waals surface area contributed by atoms with Crippen LogP contribution in [0.1, 0.15) is 18.4 Å². The van der Waals surface area contributed by atoms with Gasteiger partial charge in [-0.15, -0.1) is 0 Å². The summed E-state index contributed by atoms with van der Waals surface area (Å²) in [6, 6.07) is 6.30. The van der Waals surface area contributed by atoms with E-state index in [2.05, 4.69) is 55.4 Å². The first kappa shape index (κ1) is 13.2. The fourth-order valence-corrected chi connectivity index (χ4v) is 1.95. The van der Waals surface area contributed by atoms with Gasteiger partial charge in [-0.3, -0.25) is 0 Å². The van der Waals surface area contributed by atoms with E-state index in [4.69, 9.17) is 5.73 Å². The molecule has 15 heavy (non-hydrogen) atoms. The summed E-state index contributed by atoms with van der Waals surface area (Å²) in [5, 5.41) is 3.39. The average molecular weight is 336 g/mol. The van der Waals surface area contributed by atoms with E-state index in [-0.39, 0.29) is 0 Å². The van der Waals surface area contributed by atoms with Crippen molar-refractivity contribution in [1.82, 2.24) is 5.32 Å². The van der Waals surface area contributed by atoms with Gasteiger partial charge in [0.05, 0.1) is 0 Å². The maximum Gasteiger partial charge on any atom is 0.0320 e. The molecule has 0 fully saturated rings. The highest BCUT2D eigenvalue weighted by Gasteiger charge is 1.98. The molecule has 3 N–H and O–H groups in total. The first-order valence-corrected chi connectivity index (χ1v) is 6.67. The van der Waals surface area contributed by atoms with Gasteiger partial charge in [0.1, 0.15) is 0 Å². The predicted octanol–water partition coefficient (Wildman–Crippen LogP) is 3.04. The molecular weight excluding hydrogens is 320 g/mol. The first-order chi connectivity index (χ1) is 7.24. The lowest BCUT2D eigenvalue weighted by atomic mass is 10.2. The van der Waals surface area contributed by atoms with Crippen LogP contribution in [0.5, 0.6) is 0 Å². The molecule has 0 aliphatic carbocycles. The van der Waals surface area contributed by atoms with Crippen LogP contribution in [0, 0.1) is 0 Å². The Morgan fingerprint density at radius 2 is 1.93 bits per heavy atom. The summed E-state index contributed by atoms with van der Waals surface area (Å²) in [6.07, 6.45) is 2.24. The van der Waals surface area contributed by atoms with Gasteiger partial charge < -0.3 is 11.1 Å². The van der Waals surface area contributed by atoms with Crippen molar-refractivity contribution >= 4 is 31.9 Å². The molecular formula is C11H16Br2N2. The molecule has 0 unspecified atom stereocenters. The fraction of sp³-hybridized carbons (Fsp3) is 0.455. The summed E-state index contributed by atoms with van der Waals surface area (Å²) in [4.78, 5) is 0. The van der Waals surface area contributed by atoms with Crippen molar-refractivity contribution in [2.24, 2.45) is 5.73 Å². The number of nitrogens with one attached hydrogen (secondary N) is 1. The van der Waals surface area contributed by atoms with Gasteiger partial charge in [-0.05, 0) is 75.5 Å². The zero-order chi connectivity index (χ0) is 11.1. The van der Waals surface area contributed by atoms with E-state index < -0.39 is 0 Å². The molecule has 0 spiro atoms. The second-order valence-corrected chi connectivity index (χ2v) is 5.13. The quantitative estimate of drug-likeness (QED) is 0.784. The molecule has 1 rings (SSSR count). The maximum absolute atomic E-state index is 5.42. The Balaban J connectivity index is 2.28. The van der Waals surface area contributed by atoms with E-state index in [0.717, 1.165) is 41.4 Å². The normalized spacial score (nSPS) is 10.6. The average Bonchev–Trinajstić information content (AvgIpc) is 2.23. The third-order valence-corrected chi connectivity index (χ3v) is 4.00. The van der Waals surface area contributed by atoms with E-state index in [9.17, 15) is 0 Å². The Bertz CT molecular complexity index is 303. The number of unbranched alkanes of at least 4 members (excludes halogenated alkanes) is 1. The number of benzene rings is 1. The third-order valence-electron chi connectivity index (χ3n) is 2.12. The van der Waals surface area contributed by atoms with Crippen LogP contribution in [-0.2, 0) is 6.54 Å². The van der Waals surface area contributed by atoms with Gasteiger partial charge >= 0.3 is 0 Å². The summed E-state index contributed by atoms with van der Waals surface area (Å²) in [6.45, 7) is 2.73. The monoisotopic (exact) mass is 334 g/mol. The molecule has 4 heteroatoms. The molecule has 0 saturated heterocycles. The third kappa shape index (κ3) is 5.11. The molecule has 0 aliphatic rings. The molecule has 84 valence electrons. The SMILES string of the molecule is NCCCCNCc1ccc(Br)c(Br)c1. The highest BCUT2D eigenvalue weighted by Crippen LogP contribution is 2.23. The molecule has 1 aromatic rings. The molecule has 0 radical (unpaired) electrons. The van der Waals surface area contributed by atoms with Crippen molar-refractivity contribution in [3.8, 4) is 0 Å². The molecule has 0 atom stereocenters. The second-order valence-electron chi connectivity index (χ2n) is 3.42. The van der Waals surface area contributed by atoms with Crippen LogP contribution in [0.3, 0.4) is 0 Å². The first-order valence-electron chi connectivity index (χ1n) is 5.08. The molecule has 1 aromatic carbocycles. The molecule has 0 heterocycles. The van der Waals surface area contributed by atoms with E-state index >= 15 is 0 Å². The number of nitrogens with two attached hydrogens (primary N) is 1. The van der Waals surface area contributed by atoms with Crippen LogP contribution in [0.2, 0.25) is 0 Å². The minimum Gasteiger partial charge on any atom is -0.330 e. The second kappa shape index (κ2) is 7.39. The van der Waals surface area contributed by atoms with Crippen molar-refractivity contribution in [2.45, 2.75) is 19.4 Å². The van der Waals surface area contributed by atoms with Crippen molar-refractivity contribution in [3.63, 3.8) is 0 Å². The molecule has 0 saturated carbocycles. The minimum absolute atomic E-state index is 0.783. The molecule has 0 aliphatic heterocycles. The lowest BCUT2D eigenvalue weighted by Gasteiger charge is -2.05. The van der Waals surface area contributed by atoms with Crippen molar-refractivity contribution in [1.29, 1.82) is 0 Å². The van der Waals surface area contributed by atoms with E-state index in [1.54, 1.807) is 0 Å². The van der Waals surface area contributed by atoms with Crippen LogP contribution < -0.4 is 11.1 Å². The summed E-state index contributed by atoms with van der Waals surface area (Å²) < 4.78 is 2.19. The molecule has 0 bridgehead atoms. The van der Waals surface area contributed by atoms with Gasteiger partial charge in [-0.25, -0.2) is 0 Å². The lowest BCUT2D eigenvalue weighted by molar-refractivity contribution is 0.627. The number of hydrogen-bond donors (Lipinski definition) is 2. The zero-order valence-electron chi connectivity index (χ0n) is 8.60. The molecule has 0 aromatic heterocycles. The summed E-state index contributed by atoms with van der Waals surface area (Å²) in [5.74, 6) is 0. The lowest BCUT2D eigenvalue weighted by Crippen LogP contribution is -2.15. The molecule has 2 nitrogen and oxygen atoms in total. The van der Waals surface area contributed by atoms with Crippen LogP contribution in [0.4, 0.5) is 0 Å². The van der Waals surface area contributed by atoms with Crippen molar-refractivity contribution < 1.29 is 0 Å². The summed E-state index contributed by atoms with van der Waals surface area (Å²) in [7, 11) is 0. The standard InChI is InChI=1S/C11H16Br2N2/c12-10-4-3-9(7-11(10)13)8-15-6-2-1-5-14/h3-4,7,15H,1-2,5-6,8,14H2. The van der Waals surface area contributed by atoms with Crippen LogP contribution in [0.15, 0.2) is 27.1 Å². The Kier molecular flexibility index (Phi) is 6.48. The highest BCUT2D eigenvalue weighted by molar-refractivity contribution is 9.13. The van der Waals surface area contributed by atoms with Crippen LogP contribution in [-0.4, -0.2) is 13.1 Å². The topological polar surface area (TPSA) is 38.0 Å². The number of hydrogen-bond acceptors (Lipinski definition) is 2. The molecule has 0 amide bonds. The van der Waals surface area contributed by atoms with Crippen molar-refractivity contribution in [2.75, 3.05) is 13.1 Å². The minimum atomic E-state index is 0.783. The Morgan fingerprint density at radius 3 is 2.60 bits per heavy atom. The summed E-state index contributed by atoms with van der Waals surface area (Å²) in [5.41, 5.74) is 6.71. The van der Waals surface area contributed by atoms with Gasteiger partial charge in [0, 0.05) is 15.5 Å². The van der Waals surface area contributed by atoms with E-state index in [1.807, 2.05) is 0 Å². The van der Waals surface area contributed by atoms with Crippen LogP contribution in [0.25, 0.3) is 0 Å². The van der Waals surface area contributed by atoms with Gasteiger partial charge in [-0.2, -0.15) is 0 Å². The maximum atomic E-state index is 5.42. The predicted molar refractivity (Wildman–Crippen MR) is 71.8 cm³/mol. The largest absolute Gasteiger partial charge is 0.330 e. The van der Waals surface area contributed by atoms with Gasteiger partial charge in [0.15, 0.2) is 0 Å². The van der Waals surface area contributed by atoms with Gasteiger partial charge in [0.25, 0.3) is 0 Å². The smallest absolute Gasteiger partial charge is 0.0320 e. The van der Waals surface area contributed by atoms with Gasteiger partial charge in [-0.1, -0.05) is 6.07 Å². The van der Waals surface area contributed by atoms with E-state index in [0.29, 0.717) is 0 Å². The van der Waals surface area contributed by atoms with Gasteiger partial charge in [0.2, 0.25) is 0 Å². The number of rotatable bonds is 6. The number of halogens is 2. The Labute approximate surface area is 108 Å². The van der Waals surface area contributed by atoms with Crippen LogP contribution >= 0.6 is 31.9 Å². The Hall–Kier alpha value is 0.1000.